The first-order valence-electron chi connectivity index (χ1n) is 5.99. The van der Waals surface area contributed by atoms with Crippen LogP contribution in [0.5, 0.6) is 0 Å². The Kier molecular flexibility index (Phi) is 4.13. The van der Waals surface area contributed by atoms with E-state index < -0.39 is 0 Å². The zero-order chi connectivity index (χ0) is 13.7. The molecule has 0 aromatic heterocycles. The first-order valence-corrected chi connectivity index (χ1v) is 5.99. The molecule has 2 aromatic carbocycles. The van der Waals surface area contributed by atoms with Gasteiger partial charge in [0.1, 0.15) is 5.82 Å². The minimum atomic E-state index is -0.314. The van der Waals surface area contributed by atoms with E-state index in [1.54, 1.807) is 13.0 Å². The van der Waals surface area contributed by atoms with Gasteiger partial charge in [0.25, 0.3) is 0 Å². The van der Waals surface area contributed by atoms with Crippen LogP contribution in [0.15, 0.2) is 48.5 Å². The summed E-state index contributed by atoms with van der Waals surface area (Å²) < 4.78 is 13.2. The maximum Gasteiger partial charge on any atom is 0.243 e. The number of benzene rings is 2. The van der Waals surface area contributed by atoms with Crippen LogP contribution in [0, 0.1) is 12.7 Å². The van der Waals surface area contributed by atoms with E-state index in [1.807, 2.05) is 30.3 Å². The maximum absolute atomic E-state index is 13.2. The monoisotopic (exact) mass is 258 g/mol. The van der Waals surface area contributed by atoms with Crippen LogP contribution in [0.2, 0.25) is 0 Å². The second-order valence-corrected chi connectivity index (χ2v) is 4.29. The Labute approximate surface area is 111 Å². The highest BCUT2D eigenvalue weighted by molar-refractivity contribution is 5.93. The summed E-state index contributed by atoms with van der Waals surface area (Å²) in [6.07, 6.45) is 0. The van der Waals surface area contributed by atoms with Crippen molar-refractivity contribution in [2.24, 2.45) is 0 Å². The molecule has 0 aliphatic carbocycles. The summed E-state index contributed by atoms with van der Waals surface area (Å²) in [7, 11) is 0. The molecule has 19 heavy (non-hydrogen) atoms. The Hall–Kier alpha value is -2.36. The van der Waals surface area contributed by atoms with Crippen LogP contribution < -0.4 is 10.6 Å². The molecular weight excluding hydrogens is 243 g/mol. The summed E-state index contributed by atoms with van der Waals surface area (Å²) >= 11 is 0. The highest BCUT2D eigenvalue weighted by atomic mass is 19.1. The average Bonchev–Trinajstić information content (AvgIpc) is 2.36. The summed E-state index contributed by atoms with van der Waals surface area (Å²) in [5.74, 6) is -0.487. The molecule has 0 saturated carbocycles. The van der Waals surface area contributed by atoms with Crippen LogP contribution in [-0.4, -0.2) is 12.5 Å². The Morgan fingerprint density at radius 2 is 1.84 bits per heavy atom. The molecule has 0 bridgehead atoms. The van der Waals surface area contributed by atoms with Crippen molar-refractivity contribution in [3.05, 3.63) is 59.9 Å². The average molecular weight is 258 g/mol. The molecule has 98 valence electrons. The molecule has 2 N–H and O–H groups in total. The van der Waals surface area contributed by atoms with E-state index in [0.717, 1.165) is 11.3 Å². The second-order valence-electron chi connectivity index (χ2n) is 4.29. The van der Waals surface area contributed by atoms with Crippen molar-refractivity contribution in [2.75, 3.05) is 17.2 Å². The molecule has 3 nitrogen and oxygen atoms in total. The van der Waals surface area contributed by atoms with E-state index >= 15 is 0 Å². The van der Waals surface area contributed by atoms with E-state index in [4.69, 9.17) is 0 Å². The minimum Gasteiger partial charge on any atom is -0.376 e. The van der Waals surface area contributed by atoms with Crippen LogP contribution in [0.25, 0.3) is 0 Å². The Morgan fingerprint density at radius 3 is 2.53 bits per heavy atom. The number of para-hydroxylation sites is 1. The number of aryl methyl sites for hydroxylation is 1. The van der Waals surface area contributed by atoms with Gasteiger partial charge in [-0.15, -0.1) is 0 Å². The lowest BCUT2D eigenvalue weighted by molar-refractivity contribution is -0.114. The molecular formula is C15H15FN2O. The van der Waals surface area contributed by atoms with Crippen molar-refractivity contribution in [3.63, 3.8) is 0 Å². The molecule has 2 rings (SSSR count). The number of hydrogen-bond donors (Lipinski definition) is 2. The minimum absolute atomic E-state index is 0.0950. The Morgan fingerprint density at radius 1 is 1.11 bits per heavy atom. The van der Waals surface area contributed by atoms with Gasteiger partial charge < -0.3 is 10.6 Å². The summed E-state index contributed by atoms with van der Waals surface area (Å²) in [6, 6.07) is 13.8. The number of anilines is 2. The van der Waals surface area contributed by atoms with E-state index in [-0.39, 0.29) is 18.3 Å². The molecule has 0 aliphatic heterocycles. The molecule has 0 heterocycles. The highest BCUT2D eigenvalue weighted by Gasteiger charge is 2.03. The van der Waals surface area contributed by atoms with Gasteiger partial charge in [0.05, 0.1) is 6.54 Å². The van der Waals surface area contributed by atoms with Crippen LogP contribution in [0.3, 0.4) is 0 Å². The lowest BCUT2D eigenvalue weighted by Gasteiger charge is -2.08. The normalized spacial score (nSPS) is 10.0. The number of carbonyl (C=O) groups is 1. The van der Waals surface area contributed by atoms with Crippen molar-refractivity contribution in [1.29, 1.82) is 0 Å². The van der Waals surface area contributed by atoms with Crippen LogP contribution in [0.4, 0.5) is 15.8 Å². The van der Waals surface area contributed by atoms with E-state index in [2.05, 4.69) is 10.6 Å². The van der Waals surface area contributed by atoms with Gasteiger partial charge in [0.2, 0.25) is 5.91 Å². The van der Waals surface area contributed by atoms with Gasteiger partial charge in [0.15, 0.2) is 0 Å². The fourth-order valence-electron chi connectivity index (χ4n) is 1.75. The van der Waals surface area contributed by atoms with Crippen molar-refractivity contribution in [3.8, 4) is 0 Å². The molecule has 4 heteroatoms. The largest absolute Gasteiger partial charge is 0.376 e. The van der Waals surface area contributed by atoms with Gasteiger partial charge in [-0.2, -0.15) is 0 Å². The lowest BCUT2D eigenvalue weighted by atomic mass is 10.2. The first-order chi connectivity index (χ1) is 9.13. The summed E-state index contributed by atoms with van der Waals surface area (Å²) in [5, 5.41) is 5.64. The van der Waals surface area contributed by atoms with E-state index in [0.29, 0.717) is 5.69 Å². The van der Waals surface area contributed by atoms with E-state index in [1.165, 1.54) is 12.1 Å². The number of carbonyl (C=O) groups excluding carboxylic acids is 1. The Bertz CT molecular complexity index is 549. The second kappa shape index (κ2) is 6.00. The van der Waals surface area contributed by atoms with Crippen molar-refractivity contribution in [2.45, 2.75) is 6.92 Å². The SMILES string of the molecule is Cc1cc(F)cc(NCC(=O)Nc2ccccc2)c1. The predicted octanol–water partition coefficient (Wildman–Crippen LogP) is 3.18. The molecule has 0 unspecified atom stereocenters. The zero-order valence-corrected chi connectivity index (χ0v) is 10.6. The summed E-state index contributed by atoms with van der Waals surface area (Å²) in [5.41, 5.74) is 2.15. The fraction of sp³-hybridized carbons (Fsp3) is 0.133. The number of hydrogen-bond acceptors (Lipinski definition) is 2. The number of rotatable bonds is 4. The molecule has 0 spiro atoms. The summed E-state index contributed by atoms with van der Waals surface area (Å²) in [4.78, 5) is 11.7. The van der Waals surface area contributed by atoms with Crippen LogP contribution in [-0.2, 0) is 4.79 Å². The molecule has 0 aliphatic rings. The van der Waals surface area contributed by atoms with Gasteiger partial charge in [-0.05, 0) is 42.8 Å². The number of nitrogens with one attached hydrogen (secondary N) is 2. The highest BCUT2D eigenvalue weighted by Crippen LogP contribution is 2.13. The fourth-order valence-corrected chi connectivity index (χ4v) is 1.75. The quantitative estimate of drug-likeness (QED) is 0.884. The van der Waals surface area contributed by atoms with Gasteiger partial charge in [-0.1, -0.05) is 18.2 Å². The summed E-state index contributed by atoms with van der Waals surface area (Å²) in [6.45, 7) is 1.90. The first kappa shape index (κ1) is 13.1. The van der Waals surface area contributed by atoms with Gasteiger partial charge in [-0.25, -0.2) is 4.39 Å². The Balaban J connectivity index is 1.90. The number of amides is 1. The van der Waals surface area contributed by atoms with Crippen molar-refractivity contribution >= 4 is 17.3 Å². The van der Waals surface area contributed by atoms with E-state index in [9.17, 15) is 9.18 Å². The standard InChI is InChI=1S/C15H15FN2O/c1-11-7-12(16)9-14(8-11)17-10-15(19)18-13-5-3-2-4-6-13/h2-9,17H,10H2,1H3,(H,18,19). The third-order valence-electron chi connectivity index (χ3n) is 2.55. The van der Waals surface area contributed by atoms with Gasteiger partial charge in [-0.3, -0.25) is 4.79 Å². The molecule has 0 fully saturated rings. The zero-order valence-electron chi connectivity index (χ0n) is 10.6. The molecule has 0 radical (unpaired) electrons. The smallest absolute Gasteiger partial charge is 0.243 e. The lowest BCUT2D eigenvalue weighted by Crippen LogP contribution is -2.21. The molecule has 2 aromatic rings. The third kappa shape index (κ3) is 4.10. The van der Waals surface area contributed by atoms with Crippen molar-refractivity contribution < 1.29 is 9.18 Å². The van der Waals surface area contributed by atoms with Gasteiger partial charge in [0, 0.05) is 11.4 Å². The third-order valence-corrected chi connectivity index (χ3v) is 2.55. The maximum atomic E-state index is 13.2. The van der Waals surface area contributed by atoms with Crippen molar-refractivity contribution in [1.82, 2.24) is 0 Å². The molecule has 0 atom stereocenters. The molecule has 1 amide bonds. The topological polar surface area (TPSA) is 41.1 Å². The van der Waals surface area contributed by atoms with Crippen LogP contribution >= 0.6 is 0 Å². The number of halogens is 1. The molecule has 0 saturated heterocycles. The van der Waals surface area contributed by atoms with Gasteiger partial charge >= 0.3 is 0 Å². The van der Waals surface area contributed by atoms with Crippen LogP contribution in [0.1, 0.15) is 5.56 Å². The predicted molar refractivity (Wildman–Crippen MR) is 74.7 cm³/mol.